The lowest BCUT2D eigenvalue weighted by atomic mass is 9.63. The van der Waals surface area contributed by atoms with E-state index in [9.17, 15) is 0 Å². The fourth-order valence-corrected chi connectivity index (χ4v) is 3.90. The number of rotatable bonds is 5. The Bertz CT molecular complexity index is 254. The minimum atomic E-state index is -0.544. The predicted octanol–water partition coefficient (Wildman–Crippen LogP) is 1.10. The summed E-state index contributed by atoms with van der Waals surface area (Å²) in [6.07, 6.45) is 4.98. The minimum absolute atomic E-state index is 0. The van der Waals surface area contributed by atoms with Crippen LogP contribution in [0.4, 0.5) is 0 Å². The monoisotopic (exact) mass is 240 g/mol. The molecule has 4 N–H and O–H groups in total. The van der Waals surface area contributed by atoms with Gasteiger partial charge in [0.15, 0.2) is 6.31 Å². The molecule has 0 atom stereocenters. The van der Waals surface area contributed by atoms with Crippen LogP contribution >= 0.6 is 0 Å². The van der Waals surface area contributed by atoms with Crippen molar-refractivity contribution in [1.29, 1.82) is 0 Å². The maximum Gasteiger partial charge on any atom is 0.165 e. The van der Waals surface area contributed by atoms with Gasteiger partial charge in [0.1, 0.15) is 0 Å². The number of hydrogen-bond donors (Lipinski definition) is 0. The lowest BCUT2D eigenvalue weighted by molar-refractivity contribution is 0.823. The Kier molecular flexibility index (Phi) is 10.7. The lowest BCUT2D eigenvalue weighted by Gasteiger charge is -2.16. The third-order valence-corrected chi connectivity index (χ3v) is 5.23. The normalized spacial score (nSPS) is 9.25. The van der Waals surface area contributed by atoms with Crippen molar-refractivity contribution >= 4 is 20.4 Å². The van der Waals surface area contributed by atoms with Crippen LogP contribution in [-0.4, -0.2) is 25.9 Å². The zero-order valence-corrected chi connectivity index (χ0v) is 11.8. The lowest BCUT2D eigenvalue weighted by Crippen LogP contribution is -2.41. The SMILES string of the molecule is CCCCB(c1ccccc1)[SiH](C)C.O.O. The second-order valence-corrected chi connectivity index (χ2v) is 7.70. The van der Waals surface area contributed by atoms with Crippen LogP contribution in [0.15, 0.2) is 30.3 Å². The molecule has 1 aromatic carbocycles. The standard InChI is InChI=1S/C12H21BSi.2H2O/c1-4-5-11-13(14(2)3)12-9-7-6-8-10-12;;/h6-10,14H,4-5,11H2,1-3H3;2*1H2. The van der Waals surface area contributed by atoms with Crippen molar-refractivity contribution in [2.45, 2.75) is 39.2 Å². The zero-order chi connectivity index (χ0) is 10.4. The molecule has 0 aliphatic heterocycles. The second kappa shape index (κ2) is 9.63. The van der Waals surface area contributed by atoms with Crippen molar-refractivity contribution in [3.05, 3.63) is 30.3 Å². The first-order valence-electron chi connectivity index (χ1n) is 5.80. The van der Waals surface area contributed by atoms with Crippen molar-refractivity contribution in [1.82, 2.24) is 0 Å². The number of unbranched alkanes of at least 4 members (excludes halogenated alkanes) is 1. The molecule has 0 spiro atoms. The first kappa shape index (κ1) is 17.8. The minimum Gasteiger partial charge on any atom is -0.412 e. The van der Waals surface area contributed by atoms with Crippen molar-refractivity contribution < 1.29 is 11.0 Å². The molecule has 92 valence electrons. The van der Waals surface area contributed by atoms with Crippen molar-refractivity contribution in [2.24, 2.45) is 0 Å². The van der Waals surface area contributed by atoms with Gasteiger partial charge in [-0.2, -0.15) is 0 Å². The van der Waals surface area contributed by atoms with E-state index in [2.05, 4.69) is 50.3 Å². The summed E-state index contributed by atoms with van der Waals surface area (Å²) in [7, 11) is -0.544. The molecule has 0 bridgehead atoms. The van der Waals surface area contributed by atoms with Gasteiger partial charge in [0, 0.05) is 8.67 Å². The molecular weight excluding hydrogens is 215 g/mol. The quantitative estimate of drug-likeness (QED) is 0.692. The first-order chi connectivity index (χ1) is 6.75. The Hall–Kier alpha value is -0.578. The van der Waals surface area contributed by atoms with Gasteiger partial charge >= 0.3 is 0 Å². The molecule has 0 amide bonds. The molecule has 0 heterocycles. The Morgan fingerprint density at radius 1 is 1.06 bits per heavy atom. The fourth-order valence-electron chi connectivity index (χ4n) is 2.01. The topological polar surface area (TPSA) is 63.0 Å². The van der Waals surface area contributed by atoms with Gasteiger partial charge in [-0.3, -0.25) is 0 Å². The maximum atomic E-state index is 2.47. The van der Waals surface area contributed by atoms with Gasteiger partial charge in [-0.25, -0.2) is 0 Å². The average molecular weight is 240 g/mol. The van der Waals surface area contributed by atoms with Crippen LogP contribution in [0.5, 0.6) is 0 Å². The van der Waals surface area contributed by atoms with E-state index < -0.39 is 8.67 Å². The van der Waals surface area contributed by atoms with E-state index in [0.29, 0.717) is 0 Å². The summed E-state index contributed by atoms with van der Waals surface area (Å²) in [5.74, 6) is 0. The highest BCUT2D eigenvalue weighted by Crippen LogP contribution is 2.05. The summed E-state index contributed by atoms with van der Waals surface area (Å²) in [5.41, 5.74) is 1.57. The molecule has 0 aromatic heterocycles. The van der Waals surface area contributed by atoms with Crippen LogP contribution in [0, 0.1) is 0 Å². The third kappa shape index (κ3) is 5.49. The van der Waals surface area contributed by atoms with Gasteiger partial charge in [-0.15, -0.1) is 0 Å². The van der Waals surface area contributed by atoms with Crippen LogP contribution in [-0.2, 0) is 0 Å². The van der Waals surface area contributed by atoms with E-state index in [0.717, 1.165) is 6.31 Å². The maximum absolute atomic E-state index is 2.47. The Balaban J connectivity index is 0. The highest BCUT2D eigenvalue weighted by molar-refractivity contribution is 7.27. The predicted molar refractivity (Wildman–Crippen MR) is 77.6 cm³/mol. The van der Waals surface area contributed by atoms with E-state index in [-0.39, 0.29) is 11.0 Å². The van der Waals surface area contributed by atoms with Gasteiger partial charge in [-0.1, -0.05) is 75.0 Å². The van der Waals surface area contributed by atoms with Crippen LogP contribution in [0.2, 0.25) is 19.4 Å². The van der Waals surface area contributed by atoms with Gasteiger partial charge in [0.25, 0.3) is 0 Å². The van der Waals surface area contributed by atoms with E-state index in [4.69, 9.17) is 0 Å². The molecule has 0 fully saturated rings. The molecule has 1 aromatic rings. The summed E-state index contributed by atoms with van der Waals surface area (Å²) < 4.78 is 0. The Morgan fingerprint density at radius 3 is 2.06 bits per heavy atom. The first-order valence-corrected chi connectivity index (χ1v) is 8.78. The molecule has 16 heavy (non-hydrogen) atoms. The summed E-state index contributed by atoms with van der Waals surface area (Å²) in [5, 5.41) is 0. The summed E-state index contributed by atoms with van der Waals surface area (Å²) in [6.45, 7) is 7.21. The van der Waals surface area contributed by atoms with E-state index in [1.54, 1.807) is 5.46 Å². The van der Waals surface area contributed by atoms with Gasteiger partial charge in [0.2, 0.25) is 0 Å². The molecule has 4 heteroatoms. The molecular formula is C12H25BO2Si. The van der Waals surface area contributed by atoms with Crippen molar-refractivity contribution in [3.8, 4) is 0 Å². The van der Waals surface area contributed by atoms with Crippen LogP contribution in [0.1, 0.15) is 19.8 Å². The highest BCUT2D eigenvalue weighted by atomic mass is 28.3. The molecule has 0 saturated carbocycles. The molecule has 2 nitrogen and oxygen atoms in total. The average Bonchev–Trinajstić information content (AvgIpc) is 2.19. The smallest absolute Gasteiger partial charge is 0.165 e. The van der Waals surface area contributed by atoms with E-state index in [1.165, 1.54) is 19.2 Å². The van der Waals surface area contributed by atoms with Crippen LogP contribution in [0.25, 0.3) is 0 Å². The van der Waals surface area contributed by atoms with Crippen molar-refractivity contribution in [3.63, 3.8) is 0 Å². The zero-order valence-electron chi connectivity index (χ0n) is 10.7. The molecule has 1 rings (SSSR count). The number of benzene rings is 1. The summed E-state index contributed by atoms with van der Waals surface area (Å²) in [4.78, 5) is 0. The summed E-state index contributed by atoms with van der Waals surface area (Å²) >= 11 is 0. The van der Waals surface area contributed by atoms with Gasteiger partial charge in [-0.05, 0) is 0 Å². The molecule has 0 radical (unpaired) electrons. The highest BCUT2D eigenvalue weighted by Gasteiger charge is 2.19. The third-order valence-electron chi connectivity index (χ3n) is 2.90. The molecule has 0 saturated heterocycles. The van der Waals surface area contributed by atoms with E-state index in [1.807, 2.05) is 0 Å². The molecule has 0 aliphatic carbocycles. The second-order valence-electron chi connectivity index (χ2n) is 4.40. The van der Waals surface area contributed by atoms with Crippen LogP contribution < -0.4 is 5.46 Å². The van der Waals surface area contributed by atoms with Gasteiger partial charge < -0.3 is 11.0 Å². The molecule has 0 aliphatic rings. The van der Waals surface area contributed by atoms with Gasteiger partial charge in [0.05, 0.1) is 0 Å². The van der Waals surface area contributed by atoms with Crippen LogP contribution in [0.3, 0.4) is 0 Å². The fraction of sp³-hybridized carbons (Fsp3) is 0.500. The Morgan fingerprint density at radius 2 is 1.62 bits per heavy atom. The van der Waals surface area contributed by atoms with Crippen molar-refractivity contribution in [2.75, 3.05) is 0 Å². The molecule has 0 unspecified atom stereocenters. The summed E-state index contributed by atoms with van der Waals surface area (Å²) in [6, 6.07) is 11.1. The van der Waals surface area contributed by atoms with E-state index >= 15 is 0 Å². The Labute approximate surface area is 101 Å². The number of hydrogen-bond acceptors (Lipinski definition) is 0. The largest absolute Gasteiger partial charge is 0.412 e.